The number of hydrogen-bond acceptors (Lipinski definition) is 5. The van der Waals surface area contributed by atoms with Crippen LogP contribution in [0.25, 0.3) is 0 Å². The van der Waals surface area contributed by atoms with E-state index in [4.69, 9.17) is 9.47 Å². The maximum absolute atomic E-state index is 12.8. The summed E-state index contributed by atoms with van der Waals surface area (Å²) in [6.45, 7) is 3.58. The molecular weight excluding hydrogens is 377 g/mol. The molecule has 0 saturated carbocycles. The molecule has 1 amide bonds. The topological polar surface area (TPSA) is 62.8 Å². The zero-order valence-corrected chi connectivity index (χ0v) is 17.4. The number of ether oxygens (including phenoxy) is 2. The second kappa shape index (κ2) is 12.4. The van der Waals surface area contributed by atoms with Crippen LogP contribution in [0.3, 0.4) is 0 Å². The lowest BCUT2D eigenvalue weighted by Crippen LogP contribution is -2.47. The van der Waals surface area contributed by atoms with E-state index in [2.05, 4.69) is 15.5 Å². The predicted octanol–water partition coefficient (Wildman–Crippen LogP) is 2.43. The summed E-state index contributed by atoms with van der Waals surface area (Å²) in [5, 5.41) is 6.34. The Morgan fingerprint density at radius 2 is 1.96 bits per heavy atom. The summed E-state index contributed by atoms with van der Waals surface area (Å²) < 4.78 is 11.1. The fourth-order valence-electron chi connectivity index (χ4n) is 2.89. The van der Waals surface area contributed by atoms with E-state index in [-0.39, 0.29) is 30.7 Å². The summed E-state index contributed by atoms with van der Waals surface area (Å²) in [7, 11) is 5.67. The molecule has 26 heavy (non-hydrogen) atoms. The third kappa shape index (κ3) is 7.29. The summed E-state index contributed by atoms with van der Waals surface area (Å²) in [5.74, 6) is 0.789. The van der Waals surface area contributed by atoms with Gasteiger partial charge in [0.15, 0.2) is 0 Å². The molecule has 1 fully saturated rings. The van der Waals surface area contributed by atoms with Crippen molar-refractivity contribution in [2.24, 2.45) is 5.41 Å². The summed E-state index contributed by atoms with van der Waals surface area (Å²) in [6, 6.07) is 7.56. The normalized spacial score (nSPS) is 15.5. The third-order valence-corrected chi connectivity index (χ3v) is 4.36. The van der Waals surface area contributed by atoms with E-state index in [0.717, 1.165) is 43.9 Å². The molecule has 8 heteroatoms. The molecule has 0 unspecified atom stereocenters. The number of nitrogens with zero attached hydrogens (tertiary/aromatic N) is 1. The fraction of sp³-hybridized carbons (Fsp3) is 0.611. The Kier molecular flexibility index (Phi) is 11.9. The Morgan fingerprint density at radius 1 is 1.27 bits per heavy atom. The minimum Gasteiger partial charge on any atom is -0.492 e. The van der Waals surface area contributed by atoms with Crippen molar-refractivity contribution in [2.45, 2.75) is 12.8 Å². The van der Waals surface area contributed by atoms with Crippen LogP contribution in [0.5, 0.6) is 5.75 Å². The van der Waals surface area contributed by atoms with Crippen molar-refractivity contribution in [2.75, 3.05) is 59.4 Å². The van der Waals surface area contributed by atoms with Gasteiger partial charge >= 0.3 is 0 Å². The first-order chi connectivity index (χ1) is 11.6. The SMILES string of the molecule is COCC1(C(=O)Nc2cccc(OCCN(C)C)c2)CCNCC1.Cl.Cl. The Morgan fingerprint density at radius 3 is 2.58 bits per heavy atom. The highest BCUT2D eigenvalue weighted by Crippen LogP contribution is 2.31. The van der Waals surface area contributed by atoms with Crippen molar-refractivity contribution in [3.63, 3.8) is 0 Å². The number of hydrogen-bond donors (Lipinski definition) is 2. The zero-order chi connectivity index (χ0) is 17.4. The van der Waals surface area contributed by atoms with E-state index < -0.39 is 5.41 Å². The molecule has 6 nitrogen and oxygen atoms in total. The van der Waals surface area contributed by atoms with Gasteiger partial charge in [0.2, 0.25) is 5.91 Å². The van der Waals surface area contributed by atoms with Crippen molar-refractivity contribution < 1.29 is 14.3 Å². The molecule has 1 saturated heterocycles. The van der Waals surface area contributed by atoms with Crippen LogP contribution in [-0.4, -0.2) is 64.9 Å². The Hall–Kier alpha value is -1.05. The average molecular weight is 408 g/mol. The molecule has 1 aromatic carbocycles. The standard InChI is InChI=1S/C18H29N3O3.2ClH/c1-21(2)11-12-24-16-6-4-5-15(13-16)20-17(22)18(14-23-3)7-9-19-10-8-18;;/h4-6,13,19H,7-12,14H2,1-3H3,(H,20,22);2*1H. The molecule has 0 atom stereocenters. The van der Waals surface area contributed by atoms with Gasteiger partial charge in [-0.1, -0.05) is 6.07 Å². The van der Waals surface area contributed by atoms with Gasteiger partial charge in [-0.15, -0.1) is 24.8 Å². The first-order valence-electron chi connectivity index (χ1n) is 8.44. The molecule has 0 aliphatic carbocycles. The van der Waals surface area contributed by atoms with Crippen LogP contribution < -0.4 is 15.4 Å². The van der Waals surface area contributed by atoms with Crippen LogP contribution in [0.4, 0.5) is 5.69 Å². The lowest BCUT2D eigenvalue weighted by atomic mass is 9.78. The second-order valence-corrected chi connectivity index (χ2v) is 6.60. The number of halogens is 2. The van der Waals surface area contributed by atoms with E-state index in [0.29, 0.717) is 13.2 Å². The van der Waals surface area contributed by atoms with E-state index >= 15 is 0 Å². The number of nitrogens with one attached hydrogen (secondary N) is 2. The Balaban J connectivity index is 0.00000312. The van der Waals surface area contributed by atoms with Crippen LogP contribution in [0, 0.1) is 5.41 Å². The first-order valence-corrected chi connectivity index (χ1v) is 8.44. The molecule has 1 aliphatic rings. The molecule has 2 N–H and O–H groups in total. The van der Waals surface area contributed by atoms with Crippen molar-refractivity contribution in [3.8, 4) is 5.75 Å². The van der Waals surface area contributed by atoms with Gasteiger partial charge in [-0.3, -0.25) is 4.79 Å². The average Bonchev–Trinajstić information content (AvgIpc) is 2.56. The molecular formula is C18H31Cl2N3O3. The molecule has 0 spiro atoms. The number of piperidine rings is 1. The molecule has 0 bridgehead atoms. The first kappa shape index (κ1) is 24.9. The zero-order valence-electron chi connectivity index (χ0n) is 15.7. The summed E-state index contributed by atoms with van der Waals surface area (Å²) >= 11 is 0. The van der Waals surface area contributed by atoms with E-state index in [9.17, 15) is 4.79 Å². The van der Waals surface area contributed by atoms with Crippen molar-refractivity contribution >= 4 is 36.4 Å². The number of anilines is 1. The molecule has 1 aromatic rings. The van der Waals surface area contributed by atoms with Crippen LogP contribution in [0.1, 0.15) is 12.8 Å². The smallest absolute Gasteiger partial charge is 0.233 e. The number of amides is 1. The van der Waals surface area contributed by atoms with Gasteiger partial charge in [0, 0.05) is 25.4 Å². The summed E-state index contributed by atoms with van der Waals surface area (Å²) in [4.78, 5) is 14.9. The Bertz CT molecular complexity index is 533. The summed E-state index contributed by atoms with van der Waals surface area (Å²) in [6.07, 6.45) is 1.57. The fourth-order valence-corrected chi connectivity index (χ4v) is 2.89. The number of methoxy groups -OCH3 is 1. The minimum atomic E-state index is -0.457. The molecule has 0 aromatic heterocycles. The van der Waals surface area contributed by atoms with Crippen molar-refractivity contribution in [3.05, 3.63) is 24.3 Å². The lowest BCUT2D eigenvalue weighted by molar-refractivity contribution is -0.130. The maximum Gasteiger partial charge on any atom is 0.233 e. The number of benzene rings is 1. The largest absolute Gasteiger partial charge is 0.492 e. The second-order valence-electron chi connectivity index (χ2n) is 6.60. The van der Waals surface area contributed by atoms with E-state index in [1.165, 1.54) is 0 Å². The molecule has 150 valence electrons. The van der Waals surface area contributed by atoms with E-state index in [1.807, 2.05) is 38.4 Å². The van der Waals surface area contributed by atoms with Gasteiger partial charge in [0.05, 0.1) is 12.0 Å². The number of likely N-dealkylation sites (N-methyl/N-ethyl adjacent to an activating group) is 1. The number of rotatable bonds is 8. The van der Waals surface area contributed by atoms with E-state index in [1.54, 1.807) is 7.11 Å². The lowest BCUT2D eigenvalue weighted by Gasteiger charge is -2.35. The monoisotopic (exact) mass is 407 g/mol. The van der Waals surface area contributed by atoms with Crippen LogP contribution >= 0.6 is 24.8 Å². The van der Waals surface area contributed by atoms with Gasteiger partial charge in [-0.05, 0) is 52.2 Å². The van der Waals surface area contributed by atoms with Crippen LogP contribution in [0.2, 0.25) is 0 Å². The molecule has 1 aliphatic heterocycles. The van der Waals surface area contributed by atoms with Crippen LogP contribution in [0.15, 0.2) is 24.3 Å². The molecule has 1 heterocycles. The highest BCUT2D eigenvalue weighted by molar-refractivity contribution is 5.95. The maximum atomic E-state index is 12.8. The number of carbonyl (C=O) groups excluding carboxylic acids is 1. The minimum absolute atomic E-state index is 0. The van der Waals surface area contributed by atoms with Gasteiger partial charge < -0.3 is 25.0 Å². The number of carbonyl (C=O) groups is 1. The van der Waals surface area contributed by atoms with Gasteiger partial charge in [0.1, 0.15) is 12.4 Å². The van der Waals surface area contributed by atoms with Crippen molar-refractivity contribution in [1.82, 2.24) is 10.2 Å². The summed E-state index contributed by atoms with van der Waals surface area (Å²) in [5.41, 5.74) is 0.304. The molecule has 2 rings (SSSR count). The van der Waals surface area contributed by atoms with Gasteiger partial charge in [-0.2, -0.15) is 0 Å². The van der Waals surface area contributed by atoms with Gasteiger partial charge in [0.25, 0.3) is 0 Å². The highest BCUT2D eigenvalue weighted by atomic mass is 35.5. The third-order valence-electron chi connectivity index (χ3n) is 4.36. The molecule has 0 radical (unpaired) electrons. The van der Waals surface area contributed by atoms with Crippen LogP contribution in [-0.2, 0) is 9.53 Å². The highest BCUT2D eigenvalue weighted by Gasteiger charge is 2.39. The van der Waals surface area contributed by atoms with Gasteiger partial charge in [-0.25, -0.2) is 0 Å². The predicted molar refractivity (Wildman–Crippen MR) is 110 cm³/mol. The van der Waals surface area contributed by atoms with Crippen molar-refractivity contribution in [1.29, 1.82) is 0 Å². The quantitative estimate of drug-likeness (QED) is 0.692. The Labute approximate surface area is 168 Å².